The standard InChI is InChI=1S/C13H18BrN3O/c1-4-17(7(2)3)11-6-10-8(5-9(11)14)12(15)13(18)16-10/h5-7,12H,4,15H2,1-3H3,(H,16,18). The molecule has 0 spiro atoms. The summed E-state index contributed by atoms with van der Waals surface area (Å²) in [5.74, 6) is -0.137. The number of hydrogen-bond acceptors (Lipinski definition) is 3. The Kier molecular flexibility index (Phi) is 3.64. The molecule has 0 fully saturated rings. The zero-order valence-corrected chi connectivity index (χ0v) is 12.4. The predicted octanol–water partition coefficient (Wildman–Crippen LogP) is 2.64. The molecule has 18 heavy (non-hydrogen) atoms. The number of anilines is 2. The Morgan fingerprint density at radius 3 is 2.72 bits per heavy atom. The van der Waals surface area contributed by atoms with Gasteiger partial charge in [0.2, 0.25) is 5.91 Å². The van der Waals surface area contributed by atoms with Crippen LogP contribution in [0.1, 0.15) is 32.4 Å². The van der Waals surface area contributed by atoms with Gasteiger partial charge >= 0.3 is 0 Å². The molecular formula is C13H18BrN3O. The second-order valence-electron chi connectivity index (χ2n) is 4.74. The average molecular weight is 312 g/mol. The van der Waals surface area contributed by atoms with Crippen molar-refractivity contribution >= 4 is 33.2 Å². The summed E-state index contributed by atoms with van der Waals surface area (Å²) in [6.07, 6.45) is 0. The largest absolute Gasteiger partial charge is 0.368 e. The maximum Gasteiger partial charge on any atom is 0.245 e. The molecule has 1 aromatic rings. The maximum absolute atomic E-state index is 11.6. The van der Waals surface area contributed by atoms with Crippen LogP contribution >= 0.6 is 15.9 Å². The number of amides is 1. The molecule has 4 nitrogen and oxygen atoms in total. The Labute approximate surface area is 116 Å². The van der Waals surface area contributed by atoms with E-state index in [0.29, 0.717) is 6.04 Å². The van der Waals surface area contributed by atoms with E-state index in [9.17, 15) is 4.79 Å². The predicted molar refractivity (Wildman–Crippen MR) is 77.9 cm³/mol. The van der Waals surface area contributed by atoms with Crippen molar-refractivity contribution in [3.63, 3.8) is 0 Å². The highest BCUT2D eigenvalue weighted by molar-refractivity contribution is 9.10. The van der Waals surface area contributed by atoms with Crippen molar-refractivity contribution in [3.05, 3.63) is 22.2 Å². The molecule has 0 saturated heterocycles. The highest BCUT2D eigenvalue weighted by Gasteiger charge is 2.29. The van der Waals surface area contributed by atoms with Crippen LogP contribution < -0.4 is 16.0 Å². The number of rotatable bonds is 3. The Balaban J connectivity index is 2.47. The van der Waals surface area contributed by atoms with E-state index in [1.165, 1.54) is 0 Å². The van der Waals surface area contributed by atoms with E-state index >= 15 is 0 Å². The summed E-state index contributed by atoms with van der Waals surface area (Å²) in [4.78, 5) is 13.8. The van der Waals surface area contributed by atoms with E-state index in [-0.39, 0.29) is 5.91 Å². The Bertz CT molecular complexity index is 487. The first-order chi connectivity index (χ1) is 8.45. The highest BCUT2D eigenvalue weighted by Crippen LogP contribution is 2.38. The van der Waals surface area contributed by atoms with Gasteiger partial charge in [0.15, 0.2) is 0 Å². The van der Waals surface area contributed by atoms with E-state index in [4.69, 9.17) is 5.73 Å². The molecule has 1 heterocycles. The molecule has 1 aromatic carbocycles. The minimum atomic E-state index is -0.556. The number of fused-ring (bicyclic) bond motifs is 1. The Morgan fingerprint density at radius 1 is 1.50 bits per heavy atom. The molecule has 1 amide bonds. The van der Waals surface area contributed by atoms with E-state index in [0.717, 1.165) is 28.0 Å². The first kappa shape index (κ1) is 13.4. The number of carbonyl (C=O) groups excluding carboxylic acids is 1. The van der Waals surface area contributed by atoms with Crippen LogP contribution in [0.2, 0.25) is 0 Å². The van der Waals surface area contributed by atoms with Crippen molar-refractivity contribution in [1.82, 2.24) is 0 Å². The third kappa shape index (κ3) is 2.12. The zero-order valence-electron chi connectivity index (χ0n) is 10.8. The molecule has 3 N–H and O–H groups in total. The monoisotopic (exact) mass is 311 g/mol. The van der Waals surface area contributed by atoms with Gasteiger partial charge in [-0.1, -0.05) is 0 Å². The van der Waals surface area contributed by atoms with E-state index in [1.807, 2.05) is 12.1 Å². The lowest BCUT2D eigenvalue weighted by Crippen LogP contribution is -2.30. The molecular weight excluding hydrogens is 294 g/mol. The van der Waals surface area contributed by atoms with Crippen molar-refractivity contribution in [1.29, 1.82) is 0 Å². The second-order valence-corrected chi connectivity index (χ2v) is 5.59. The van der Waals surface area contributed by atoms with Crippen LogP contribution in [0.5, 0.6) is 0 Å². The van der Waals surface area contributed by atoms with Gasteiger partial charge < -0.3 is 16.0 Å². The third-order valence-corrected chi connectivity index (χ3v) is 3.90. The van der Waals surface area contributed by atoms with Crippen LogP contribution in [-0.2, 0) is 4.79 Å². The van der Waals surface area contributed by atoms with E-state index < -0.39 is 6.04 Å². The van der Waals surface area contributed by atoms with Gasteiger partial charge in [0, 0.05) is 28.3 Å². The third-order valence-electron chi connectivity index (χ3n) is 3.27. The molecule has 5 heteroatoms. The van der Waals surface area contributed by atoms with Gasteiger partial charge in [-0.05, 0) is 48.8 Å². The van der Waals surface area contributed by atoms with Crippen molar-refractivity contribution in [3.8, 4) is 0 Å². The second kappa shape index (κ2) is 4.90. The van der Waals surface area contributed by atoms with Gasteiger partial charge in [-0.25, -0.2) is 0 Å². The molecule has 1 aliphatic rings. The molecule has 0 aromatic heterocycles. The number of nitrogens with one attached hydrogen (secondary N) is 1. The molecule has 2 rings (SSSR count). The number of nitrogens with zero attached hydrogens (tertiary/aromatic N) is 1. The Morgan fingerprint density at radius 2 is 2.17 bits per heavy atom. The number of halogens is 1. The van der Waals surface area contributed by atoms with Gasteiger partial charge in [0.05, 0.1) is 5.69 Å². The summed E-state index contributed by atoms with van der Waals surface area (Å²) in [5, 5.41) is 2.82. The summed E-state index contributed by atoms with van der Waals surface area (Å²) in [5.41, 5.74) is 8.60. The van der Waals surface area contributed by atoms with Crippen LogP contribution in [0.4, 0.5) is 11.4 Å². The molecule has 1 atom stereocenters. The first-order valence-electron chi connectivity index (χ1n) is 6.12. The summed E-state index contributed by atoms with van der Waals surface area (Å²) in [7, 11) is 0. The number of nitrogens with two attached hydrogens (primary N) is 1. The quantitative estimate of drug-likeness (QED) is 0.902. The molecule has 0 radical (unpaired) electrons. The molecule has 1 unspecified atom stereocenters. The van der Waals surface area contributed by atoms with Gasteiger partial charge in [-0.15, -0.1) is 0 Å². The fraction of sp³-hybridized carbons (Fsp3) is 0.462. The highest BCUT2D eigenvalue weighted by atomic mass is 79.9. The summed E-state index contributed by atoms with van der Waals surface area (Å²) in [6, 6.07) is 3.78. The number of hydrogen-bond donors (Lipinski definition) is 2. The molecule has 98 valence electrons. The van der Waals surface area contributed by atoms with Crippen LogP contribution in [0.25, 0.3) is 0 Å². The average Bonchev–Trinajstić information content (AvgIpc) is 2.56. The number of carbonyl (C=O) groups is 1. The Hall–Kier alpha value is -1.07. The molecule has 1 aliphatic heterocycles. The topological polar surface area (TPSA) is 58.4 Å². The zero-order chi connectivity index (χ0) is 13.4. The number of benzene rings is 1. The lowest BCUT2D eigenvalue weighted by atomic mass is 10.1. The molecule has 0 saturated carbocycles. The van der Waals surface area contributed by atoms with Crippen molar-refractivity contribution in [2.45, 2.75) is 32.9 Å². The fourth-order valence-corrected chi connectivity index (χ4v) is 2.92. The minimum Gasteiger partial charge on any atom is -0.368 e. The summed E-state index contributed by atoms with van der Waals surface area (Å²) < 4.78 is 0.976. The van der Waals surface area contributed by atoms with Crippen molar-refractivity contribution in [2.24, 2.45) is 5.73 Å². The van der Waals surface area contributed by atoms with Gasteiger partial charge in [-0.3, -0.25) is 4.79 Å². The van der Waals surface area contributed by atoms with Crippen LogP contribution in [0.15, 0.2) is 16.6 Å². The summed E-state index contributed by atoms with van der Waals surface area (Å²) >= 11 is 3.57. The van der Waals surface area contributed by atoms with Crippen molar-refractivity contribution < 1.29 is 4.79 Å². The van der Waals surface area contributed by atoms with Gasteiger partial charge in [0.1, 0.15) is 6.04 Å². The van der Waals surface area contributed by atoms with E-state index in [2.05, 4.69) is 46.9 Å². The SMILES string of the molecule is CCN(c1cc2c(cc1Br)C(N)C(=O)N2)C(C)C. The van der Waals surface area contributed by atoms with Gasteiger partial charge in [0.25, 0.3) is 0 Å². The van der Waals surface area contributed by atoms with Crippen LogP contribution in [0.3, 0.4) is 0 Å². The lowest BCUT2D eigenvalue weighted by molar-refractivity contribution is -0.116. The normalized spacial score (nSPS) is 17.9. The molecule has 0 bridgehead atoms. The molecule has 0 aliphatic carbocycles. The fourth-order valence-electron chi connectivity index (χ4n) is 2.33. The first-order valence-corrected chi connectivity index (χ1v) is 6.91. The van der Waals surface area contributed by atoms with Crippen molar-refractivity contribution in [2.75, 3.05) is 16.8 Å². The van der Waals surface area contributed by atoms with Gasteiger partial charge in [-0.2, -0.15) is 0 Å². The maximum atomic E-state index is 11.6. The summed E-state index contributed by atoms with van der Waals surface area (Å²) in [6.45, 7) is 7.32. The van der Waals surface area contributed by atoms with Crippen LogP contribution in [-0.4, -0.2) is 18.5 Å². The lowest BCUT2D eigenvalue weighted by Gasteiger charge is -2.29. The van der Waals surface area contributed by atoms with E-state index in [1.54, 1.807) is 0 Å². The minimum absolute atomic E-state index is 0.137. The van der Waals surface area contributed by atoms with Crippen LogP contribution in [0, 0.1) is 0 Å². The smallest absolute Gasteiger partial charge is 0.245 e.